The molecule has 1 aromatic rings. The molecule has 4 heteroatoms. The molecular formula is C13H18N2O2. The summed E-state index contributed by atoms with van der Waals surface area (Å²) in [5, 5.41) is 6.07. The van der Waals surface area contributed by atoms with Crippen molar-refractivity contribution in [2.24, 2.45) is 0 Å². The van der Waals surface area contributed by atoms with E-state index in [9.17, 15) is 4.79 Å². The van der Waals surface area contributed by atoms with Crippen molar-refractivity contribution in [3.05, 3.63) is 29.3 Å². The van der Waals surface area contributed by atoms with Crippen LogP contribution in [0.3, 0.4) is 0 Å². The number of anilines is 1. The summed E-state index contributed by atoms with van der Waals surface area (Å²) in [7, 11) is 1.68. The first-order chi connectivity index (χ1) is 8.29. The van der Waals surface area contributed by atoms with Crippen LogP contribution in [0.15, 0.2) is 18.2 Å². The first kappa shape index (κ1) is 12.1. The highest BCUT2D eigenvalue weighted by atomic mass is 16.5. The zero-order chi connectivity index (χ0) is 12.1. The van der Waals surface area contributed by atoms with E-state index in [-0.39, 0.29) is 5.91 Å². The molecule has 2 N–H and O–H groups in total. The molecule has 0 radical (unpaired) electrons. The molecule has 0 aliphatic carbocycles. The number of amides is 1. The average molecular weight is 234 g/mol. The van der Waals surface area contributed by atoms with Crippen molar-refractivity contribution in [2.45, 2.75) is 19.3 Å². The van der Waals surface area contributed by atoms with Gasteiger partial charge in [0.25, 0.3) is 0 Å². The Morgan fingerprint density at radius 2 is 2.29 bits per heavy atom. The second kappa shape index (κ2) is 5.80. The average Bonchev–Trinajstić information content (AvgIpc) is 2.35. The summed E-state index contributed by atoms with van der Waals surface area (Å²) in [5.41, 5.74) is 3.51. The number of aryl methyl sites for hydroxylation is 1. The van der Waals surface area contributed by atoms with E-state index in [0.29, 0.717) is 13.2 Å². The smallest absolute Gasteiger partial charge is 0.224 e. The van der Waals surface area contributed by atoms with Crippen molar-refractivity contribution in [1.29, 1.82) is 0 Å². The summed E-state index contributed by atoms with van der Waals surface area (Å²) in [6, 6.07) is 6.25. The van der Waals surface area contributed by atoms with Crippen LogP contribution in [0.5, 0.6) is 0 Å². The summed E-state index contributed by atoms with van der Waals surface area (Å²) < 4.78 is 4.92. The number of fused-ring (bicyclic) bond motifs is 1. The fourth-order valence-electron chi connectivity index (χ4n) is 2.00. The number of hydrogen-bond acceptors (Lipinski definition) is 3. The zero-order valence-corrected chi connectivity index (χ0v) is 10.1. The number of carbonyl (C=O) groups excluding carboxylic acids is 1. The minimum Gasteiger partial charge on any atom is -0.370 e. The molecule has 4 nitrogen and oxygen atoms in total. The Kier molecular flexibility index (Phi) is 4.12. The van der Waals surface area contributed by atoms with E-state index in [1.165, 1.54) is 11.1 Å². The van der Waals surface area contributed by atoms with Gasteiger partial charge in [0.2, 0.25) is 5.91 Å². The van der Waals surface area contributed by atoms with Gasteiger partial charge in [0.1, 0.15) is 0 Å². The highest BCUT2D eigenvalue weighted by Crippen LogP contribution is 2.23. The molecule has 1 heterocycles. The van der Waals surface area contributed by atoms with Crippen molar-refractivity contribution < 1.29 is 9.53 Å². The van der Waals surface area contributed by atoms with E-state index in [0.717, 1.165) is 25.1 Å². The second-order valence-corrected chi connectivity index (χ2v) is 4.22. The van der Waals surface area contributed by atoms with Crippen molar-refractivity contribution in [2.75, 3.05) is 25.7 Å². The van der Waals surface area contributed by atoms with Crippen LogP contribution in [0, 0.1) is 0 Å². The Morgan fingerprint density at radius 3 is 3.12 bits per heavy atom. The van der Waals surface area contributed by atoms with E-state index in [4.69, 9.17) is 4.74 Å². The van der Waals surface area contributed by atoms with Gasteiger partial charge in [-0.15, -0.1) is 0 Å². The van der Waals surface area contributed by atoms with Gasteiger partial charge in [0.15, 0.2) is 0 Å². The Hall–Kier alpha value is -1.39. The van der Waals surface area contributed by atoms with E-state index >= 15 is 0 Å². The van der Waals surface area contributed by atoms with Gasteiger partial charge in [-0.1, -0.05) is 12.1 Å². The molecule has 0 fully saturated rings. The third-order valence-corrected chi connectivity index (χ3v) is 2.90. The highest BCUT2D eigenvalue weighted by Gasteiger charge is 2.14. The van der Waals surface area contributed by atoms with Gasteiger partial charge in [-0.05, 0) is 30.0 Å². The molecule has 0 bridgehead atoms. The fourth-order valence-corrected chi connectivity index (χ4v) is 2.00. The van der Waals surface area contributed by atoms with Gasteiger partial charge >= 0.3 is 0 Å². The molecule has 2 rings (SSSR count). The number of rotatable bonds is 5. The number of ether oxygens (including phenoxy) is 1. The summed E-state index contributed by atoms with van der Waals surface area (Å²) in [4.78, 5) is 11.2. The zero-order valence-electron chi connectivity index (χ0n) is 10.1. The maximum Gasteiger partial charge on any atom is 0.224 e. The summed E-state index contributed by atoms with van der Waals surface area (Å²) in [5.74, 6) is 0.118. The molecule has 92 valence electrons. The van der Waals surface area contributed by atoms with Gasteiger partial charge in [-0.3, -0.25) is 10.1 Å². The molecule has 1 aliphatic heterocycles. The maximum absolute atomic E-state index is 11.2. The molecule has 0 aromatic heterocycles. The first-order valence-corrected chi connectivity index (χ1v) is 5.91. The monoisotopic (exact) mass is 234 g/mol. The molecule has 0 unspecified atom stereocenters. The van der Waals surface area contributed by atoms with Crippen LogP contribution >= 0.6 is 0 Å². The summed E-state index contributed by atoms with van der Waals surface area (Å²) in [6.45, 7) is 1.49. The minimum atomic E-state index is 0.118. The van der Waals surface area contributed by atoms with Gasteiger partial charge in [0, 0.05) is 25.8 Å². The number of carbonyl (C=O) groups is 1. The van der Waals surface area contributed by atoms with E-state index in [1.807, 2.05) is 6.07 Å². The third kappa shape index (κ3) is 3.28. The molecule has 0 saturated carbocycles. The normalized spacial score (nSPS) is 14.3. The minimum absolute atomic E-state index is 0.118. The van der Waals surface area contributed by atoms with Crippen LogP contribution in [0.2, 0.25) is 0 Å². The van der Waals surface area contributed by atoms with Gasteiger partial charge in [-0.25, -0.2) is 0 Å². The van der Waals surface area contributed by atoms with E-state index < -0.39 is 0 Å². The standard InChI is InChI=1S/C13H18N2O2/c1-17-9-14-7-6-10-2-4-12-11(8-10)3-5-13(16)15-12/h2,4,8,14H,3,5-7,9H2,1H3,(H,15,16). The van der Waals surface area contributed by atoms with E-state index in [2.05, 4.69) is 22.8 Å². The van der Waals surface area contributed by atoms with Crippen LogP contribution < -0.4 is 10.6 Å². The van der Waals surface area contributed by atoms with Crippen molar-refractivity contribution in [3.8, 4) is 0 Å². The molecule has 0 saturated heterocycles. The molecule has 17 heavy (non-hydrogen) atoms. The molecular weight excluding hydrogens is 216 g/mol. The van der Waals surface area contributed by atoms with Crippen molar-refractivity contribution in [3.63, 3.8) is 0 Å². The fraction of sp³-hybridized carbons (Fsp3) is 0.462. The topological polar surface area (TPSA) is 50.4 Å². The Balaban J connectivity index is 1.94. The predicted molar refractivity (Wildman–Crippen MR) is 67.0 cm³/mol. The molecule has 1 aliphatic rings. The first-order valence-electron chi connectivity index (χ1n) is 5.91. The molecule has 1 amide bonds. The van der Waals surface area contributed by atoms with Gasteiger partial charge in [-0.2, -0.15) is 0 Å². The summed E-state index contributed by atoms with van der Waals surface area (Å²) >= 11 is 0. The molecule has 1 aromatic carbocycles. The number of nitrogens with one attached hydrogen (secondary N) is 2. The van der Waals surface area contributed by atoms with Crippen LogP contribution in [0.25, 0.3) is 0 Å². The molecule has 0 spiro atoms. The highest BCUT2D eigenvalue weighted by molar-refractivity contribution is 5.93. The van der Waals surface area contributed by atoms with Crippen LogP contribution in [-0.2, 0) is 22.4 Å². The lowest BCUT2D eigenvalue weighted by Crippen LogP contribution is -2.21. The van der Waals surface area contributed by atoms with Crippen molar-refractivity contribution >= 4 is 11.6 Å². The Bertz CT molecular complexity index is 404. The predicted octanol–water partition coefficient (Wildman–Crippen LogP) is 1.31. The Morgan fingerprint density at radius 1 is 1.41 bits per heavy atom. The lowest BCUT2D eigenvalue weighted by molar-refractivity contribution is -0.116. The van der Waals surface area contributed by atoms with Crippen LogP contribution in [0.1, 0.15) is 17.5 Å². The second-order valence-electron chi connectivity index (χ2n) is 4.22. The molecule has 0 atom stereocenters. The number of benzene rings is 1. The summed E-state index contributed by atoms with van der Waals surface area (Å²) in [6.07, 6.45) is 2.42. The maximum atomic E-state index is 11.2. The van der Waals surface area contributed by atoms with Gasteiger partial charge in [0.05, 0.1) is 6.73 Å². The van der Waals surface area contributed by atoms with Crippen LogP contribution in [0.4, 0.5) is 5.69 Å². The number of methoxy groups -OCH3 is 1. The quantitative estimate of drug-likeness (QED) is 0.596. The SMILES string of the molecule is COCNCCc1ccc2c(c1)CCC(=O)N2. The lowest BCUT2D eigenvalue weighted by atomic mass is 9.99. The number of hydrogen-bond donors (Lipinski definition) is 2. The van der Waals surface area contributed by atoms with Crippen molar-refractivity contribution in [1.82, 2.24) is 5.32 Å². The lowest BCUT2D eigenvalue weighted by Gasteiger charge is -2.17. The third-order valence-electron chi connectivity index (χ3n) is 2.90. The largest absolute Gasteiger partial charge is 0.370 e. The Labute approximate surface area is 101 Å². The van der Waals surface area contributed by atoms with Crippen LogP contribution in [-0.4, -0.2) is 26.3 Å². The van der Waals surface area contributed by atoms with Gasteiger partial charge < -0.3 is 10.1 Å². The van der Waals surface area contributed by atoms with E-state index in [1.54, 1.807) is 7.11 Å².